The first-order valence-electron chi connectivity index (χ1n) is 6.36. The van der Waals surface area contributed by atoms with Crippen molar-refractivity contribution in [1.82, 2.24) is 9.88 Å². The number of nitrogens with zero attached hydrogens (tertiary/aromatic N) is 2. The molecular formula is C15H18N2O. The van der Waals surface area contributed by atoms with Crippen molar-refractivity contribution in [3.05, 3.63) is 34.9 Å². The number of hydrogen-bond acceptors (Lipinski definition) is 3. The number of fused-ring (bicyclic) bond motifs is 2. The van der Waals surface area contributed by atoms with E-state index in [0.717, 1.165) is 24.5 Å². The molecule has 18 heavy (non-hydrogen) atoms. The van der Waals surface area contributed by atoms with E-state index in [9.17, 15) is 0 Å². The third-order valence-corrected chi connectivity index (χ3v) is 3.70. The number of benzene rings is 1. The molecule has 3 nitrogen and oxygen atoms in total. The molecule has 1 aliphatic rings. The highest BCUT2D eigenvalue weighted by molar-refractivity contribution is 5.84. The maximum absolute atomic E-state index is 5.77. The third-order valence-electron chi connectivity index (χ3n) is 3.70. The van der Waals surface area contributed by atoms with Crippen LogP contribution in [-0.2, 0) is 6.54 Å². The fraction of sp³-hybridized carbons (Fsp3) is 0.400. The molecule has 1 aromatic heterocycles. The molecule has 0 unspecified atom stereocenters. The summed E-state index contributed by atoms with van der Waals surface area (Å²) in [5, 5.41) is 1.20. The lowest BCUT2D eigenvalue weighted by atomic mass is 10.0. The molecule has 0 aliphatic carbocycles. The summed E-state index contributed by atoms with van der Waals surface area (Å²) in [5.74, 6) is 0.806. The van der Waals surface area contributed by atoms with Gasteiger partial charge in [-0.3, -0.25) is 4.90 Å². The zero-order chi connectivity index (χ0) is 12.7. The van der Waals surface area contributed by atoms with Crippen LogP contribution in [0.5, 0.6) is 5.88 Å². The lowest BCUT2D eigenvalue weighted by molar-refractivity contribution is 0.254. The van der Waals surface area contributed by atoms with E-state index in [0.29, 0.717) is 6.61 Å². The Bertz CT molecular complexity index is 607. The van der Waals surface area contributed by atoms with E-state index >= 15 is 0 Å². The molecule has 0 amide bonds. The van der Waals surface area contributed by atoms with Gasteiger partial charge in [-0.1, -0.05) is 12.1 Å². The van der Waals surface area contributed by atoms with Crippen LogP contribution in [0.25, 0.3) is 10.9 Å². The van der Waals surface area contributed by atoms with Crippen LogP contribution in [0.2, 0.25) is 0 Å². The smallest absolute Gasteiger partial charge is 0.218 e. The molecule has 0 N–H and O–H groups in total. The molecule has 0 bridgehead atoms. The van der Waals surface area contributed by atoms with Crippen molar-refractivity contribution in [1.29, 1.82) is 0 Å². The summed E-state index contributed by atoms with van der Waals surface area (Å²) in [6.07, 6.45) is 0. The largest absolute Gasteiger partial charge is 0.476 e. The molecular weight excluding hydrogens is 224 g/mol. The zero-order valence-electron chi connectivity index (χ0n) is 11.2. The van der Waals surface area contributed by atoms with E-state index in [4.69, 9.17) is 9.72 Å². The van der Waals surface area contributed by atoms with Crippen LogP contribution in [0.15, 0.2) is 18.2 Å². The molecule has 0 fully saturated rings. The fourth-order valence-electron chi connectivity index (χ4n) is 2.42. The van der Waals surface area contributed by atoms with Crippen LogP contribution in [0, 0.1) is 13.8 Å². The summed E-state index contributed by atoms with van der Waals surface area (Å²) < 4.78 is 5.77. The summed E-state index contributed by atoms with van der Waals surface area (Å²) in [4.78, 5) is 6.99. The predicted octanol–water partition coefficient (Wildman–Crippen LogP) is 2.68. The summed E-state index contributed by atoms with van der Waals surface area (Å²) in [7, 11) is 2.11. The molecule has 0 saturated heterocycles. The number of hydrogen-bond donors (Lipinski definition) is 0. The van der Waals surface area contributed by atoms with Gasteiger partial charge in [-0.2, -0.15) is 0 Å². The molecule has 0 spiro atoms. The molecule has 94 valence electrons. The average molecular weight is 242 g/mol. The van der Waals surface area contributed by atoms with Gasteiger partial charge in [0.15, 0.2) is 0 Å². The fourth-order valence-corrected chi connectivity index (χ4v) is 2.42. The van der Waals surface area contributed by atoms with E-state index in [1.807, 2.05) is 0 Å². The van der Waals surface area contributed by atoms with Crippen molar-refractivity contribution < 1.29 is 4.74 Å². The van der Waals surface area contributed by atoms with Gasteiger partial charge in [0.2, 0.25) is 5.88 Å². The van der Waals surface area contributed by atoms with Crippen LogP contribution in [0.1, 0.15) is 16.7 Å². The van der Waals surface area contributed by atoms with Crippen molar-refractivity contribution in [2.24, 2.45) is 0 Å². The van der Waals surface area contributed by atoms with Crippen molar-refractivity contribution in [3.63, 3.8) is 0 Å². The van der Waals surface area contributed by atoms with Crippen molar-refractivity contribution in [2.45, 2.75) is 20.4 Å². The number of aryl methyl sites for hydroxylation is 2. The van der Waals surface area contributed by atoms with Gasteiger partial charge in [0.25, 0.3) is 0 Å². The summed E-state index contributed by atoms with van der Waals surface area (Å²) in [6, 6.07) is 6.52. The van der Waals surface area contributed by atoms with Crippen molar-refractivity contribution >= 4 is 10.9 Å². The standard InChI is InChI=1S/C15H18N2O/c1-10-4-5-12-8-13-9-17(3)6-7-18-15(13)16-14(12)11(10)2/h4-5,8H,6-7,9H2,1-3H3. The normalized spacial score (nSPS) is 16.2. The van der Waals surface area contributed by atoms with E-state index in [-0.39, 0.29) is 0 Å². The Hall–Kier alpha value is -1.61. The van der Waals surface area contributed by atoms with Gasteiger partial charge in [-0.25, -0.2) is 4.98 Å². The Labute approximate surface area is 107 Å². The van der Waals surface area contributed by atoms with Gasteiger partial charge in [0, 0.05) is 24.0 Å². The first kappa shape index (κ1) is 11.5. The van der Waals surface area contributed by atoms with Gasteiger partial charge in [0.1, 0.15) is 6.61 Å². The minimum absolute atomic E-state index is 0.715. The molecule has 2 aromatic rings. The molecule has 0 radical (unpaired) electrons. The second kappa shape index (κ2) is 4.25. The van der Waals surface area contributed by atoms with Gasteiger partial charge in [-0.15, -0.1) is 0 Å². The highest BCUT2D eigenvalue weighted by Crippen LogP contribution is 2.28. The van der Waals surface area contributed by atoms with Gasteiger partial charge < -0.3 is 4.74 Å². The monoisotopic (exact) mass is 242 g/mol. The number of likely N-dealkylation sites (N-methyl/N-ethyl adjacent to an activating group) is 1. The maximum Gasteiger partial charge on any atom is 0.218 e. The second-order valence-electron chi connectivity index (χ2n) is 5.12. The van der Waals surface area contributed by atoms with Crippen LogP contribution in [-0.4, -0.2) is 30.1 Å². The predicted molar refractivity (Wildman–Crippen MR) is 73.0 cm³/mol. The van der Waals surface area contributed by atoms with Crippen molar-refractivity contribution in [3.8, 4) is 5.88 Å². The first-order valence-corrected chi connectivity index (χ1v) is 6.36. The Kier molecular flexibility index (Phi) is 2.71. The van der Waals surface area contributed by atoms with E-state index < -0.39 is 0 Å². The minimum Gasteiger partial charge on any atom is -0.476 e. The Balaban J connectivity index is 2.22. The molecule has 0 atom stereocenters. The van der Waals surface area contributed by atoms with Gasteiger partial charge >= 0.3 is 0 Å². The van der Waals surface area contributed by atoms with E-state index in [2.05, 4.69) is 44.0 Å². The third kappa shape index (κ3) is 1.85. The quantitative estimate of drug-likeness (QED) is 0.710. The summed E-state index contributed by atoms with van der Waals surface area (Å²) in [6.45, 7) is 6.82. The Morgan fingerprint density at radius 3 is 2.94 bits per heavy atom. The summed E-state index contributed by atoms with van der Waals surface area (Å²) >= 11 is 0. The lowest BCUT2D eigenvalue weighted by Crippen LogP contribution is -2.20. The second-order valence-corrected chi connectivity index (χ2v) is 5.12. The highest BCUT2D eigenvalue weighted by Gasteiger charge is 2.15. The number of pyridine rings is 1. The van der Waals surface area contributed by atoms with Crippen LogP contribution in [0.4, 0.5) is 0 Å². The molecule has 3 rings (SSSR count). The lowest BCUT2D eigenvalue weighted by Gasteiger charge is -2.12. The number of aromatic nitrogens is 1. The first-order chi connectivity index (χ1) is 8.65. The minimum atomic E-state index is 0.715. The molecule has 1 aromatic carbocycles. The molecule has 0 saturated carbocycles. The average Bonchev–Trinajstić information content (AvgIpc) is 2.52. The topological polar surface area (TPSA) is 25.4 Å². The molecule has 3 heteroatoms. The number of rotatable bonds is 0. The van der Waals surface area contributed by atoms with Crippen molar-refractivity contribution in [2.75, 3.05) is 20.2 Å². The number of ether oxygens (including phenoxy) is 1. The molecule has 1 aliphatic heterocycles. The zero-order valence-corrected chi connectivity index (χ0v) is 11.2. The van der Waals surface area contributed by atoms with E-state index in [1.165, 1.54) is 22.1 Å². The summed E-state index contributed by atoms with van der Waals surface area (Å²) in [5.41, 5.74) is 4.78. The maximum atomic E-state index is 5.77. The van der Waals surface area contributed by atoms with Crippen LogP contribution < -0.4 is 4.74 Å². The highest BCUT2D eigenvalue weighted by atomic mass is 16.5. The SMILES string of the molecule is Cc1ccc2cc3c(nc2c1C)OCCN(C)C3. The van der Waals surface area contributed by atoms with E-state index in [1.54, 1.807) is 0 Å². The Morgan fingerprint density at radius 1 is 1.28 bits per heavy atom. The van der Waals surface area contributed by atoms with Gasteiger partial charge in [0.05, 0.1) is 5.52 Å². The molecule has 2 heterocycles. The van der Waals surface area contributed by atoms with Crippen LogP contribution in [0.3, 0.4) is 0 Å². The van der Waals surface area contributed by atoms with Gasteiger partial charge in [-0.05, 0) is 38.1 Å². The Morgan fingerprint density at radius 2 is 2.11 bits per heavy atom. The van der Waals surface area contributed by atoms with Crippen LogP contribution >= 0.6 is 0 Å².